The molecule has 0 saturated carbocycles. The van der Waals surface area contributed by atoms with Crippen molar-refractivity contribution in [2.24, 2.45) is 0 Å². The number of halogens is 1. The first kappa shape index (κ1) is 19.7. The number of rotatable bonds is 4. The first-order chi connectivity index (χ1) is 11.0. The van der Waals surface area contributed by atoms with E-state index in [1.54, 1.807) is 0 Å². The highest BCUT2D eigenvalue weighted by Crippen LogP contribution is 2.14. The Morgan fingerprint density at radius 2 is 1.52 bits per heavy atom. The summed E-state index contributed by atoms with van der Waals surface area (Å²) in [4.78, 5) is 20.7. The van der Waals surface area contributed by atoms with Gasteiger partial charge in [-0.3, -0.25) is 4.90 Å². The van der Waals surface area contributed by atoms with Gasteiger partial charge in [0.05, 0.1) is 0 Å². The van der Waals surface area contributed by atoms with Crippen LogP contribution in [-0.4, -0.2) is 53.3 Å². The lowest BCUT2D eigenvalue weighted by molar-refractivity contribution is -0.159. The maximum Gasteiger partial charge on any atom is 0.414 e. The maximum absolute atomic E-state index is 9.10. The quantitative estimate of drug-likeness (QED) is 0.559. The van der Waals surface area contributed by atoms with Gasteiger partial charge < -0.3 is 14.9 Å². The molecular weight excluding hydrogens is 413 g/mol. The number of benzene rings is 1. The van der Waals surface area contributed by atoms with Crippen LogP contribution in [0.3, 0.4) is 0 Å². The van der Waals surface area contributed by atoms with Crippen LogP contribution in [0.4, 0.5) is 0 Å². The Morgan fingerprint density at radius 3 is 2.00 bits per heavy atom. The van der Waals surface area contributed by atoms with Crippen LogP contribution in [0.5, 0.6) is 5.75 Å². The van der Waals surface area contributed by atoms with Crippen LogP contribution in [0.15, 0.2) is 24.3 Å². The molecule has 6 nitrogen and oxygen atoms in total. The number of nitrogens with zero attached hydrogens (tertiary/aromatic N) is 1. The Morgan fingerprint density at radius 1 is 1.00 bits per heavy atom. The van der Waals surface area contributed by atoms with Crippen molar-refractivity contribution >= 4 is 34.5 Å². The molecule has 1 heterocycles. The molecule has 1 aliphatic rings. The van der Waals surface area contributed by atoms with E-state index in [0.29, 0.717) is 0 Å². The van der Waals surface area contributed by atoms with Gasteiger partial charge in [-0.2, -0.15) is 0 Å². The highest BCUT2D eigenvalue weighted by atomic mass is 127. The molecule has 23 heavy (non-hydrogen) atoms. The third-order valence-corrected chi connectivity index (χ3v) is 4.09. The maximum atomic E-state index is 9.10. The average Bonchev–Trinajstić information content (AvgIpc) is 2.78. The minimum absolute atomic E-state index is 0.806. The summed E-state index contributed by atoms with van der Waals surface area (Å²) in [5.74, 6) is -2.66. The number of likely N-dealkylation sites (tertiary alicyclic amines) is 1. The van der Waals surface area contributed by atoms with Crippen LogP contribution in [-0.2, 0) is 9.59 Å². The summed E-state index contributed by atoms with van der Waals surface area (Å²) >= 11 is 2.31. The predicted molar refractivity (Wildman–Crippen MR) is 94.8 cm³/mol. The summed E-state index contributed by atoms with van der Waals surface area (Å²) < 4.78 is 7.01. The Labute approximate surface area is 149 Å². The third-order valence-electron chi connectivity index (χ3n) is 3.37. The summed E-state index contributed by atoms with van der Waals surface area (Å²) in [6, 6.07) is 8.26. The number of hydrogen-bond acceptors (Lipinski definition) is 4. The Balaban J connectivity index is 0.000000379. The van der Waals surface area contributed by atoms with Crippen molar-refractivity contribution in [1.82, 2.24) is 4.90 Å². The van der Waals surface area contributed by atoms with Crippen molar-refractivity contribution in [1.29, 1.82) is 0 Å². The molecule has 0 atom stereocenters. The van der Waals surface area contributed by atoms with E-state index < -0.39 is 11.9 Å². The van der Waals surface area contributed by atoms with E-state index in [-0.39, 0.29) is 0 Å². The molecule has 0 amide bonds. The SMILES string of the molecule is Ic1ccc(OCCN2CCCCCC2)cc1.O=C(O)C(=O)O. The van der Waals surface area contributed by atoms with Gasteiger partial charge in [0.2, 0.25) is 0 Å². The average molecular weight is 435 g/mol. The van der Waals surface area contributed by atoms with Crippen LogP contribution in [0, 0.1) is 3.57 Å². The standard InChI is InChI=1S/C14H20INO.C2H2O4/c15-13-5-7-14(8-6-13)17-12-11-16-9-3-1-2-4-10-16;3-1(4)2(5)6/h5-8H,1-4,9-12H2;(H,3,4)(H,5,6). The van der Waals surface area contributed by atoms with E-state index in [1.807, 2.05) is 12.1 Å². The van der Waals surface area contributed by atoms with Gasteiger partial charge in [-0.05, 0) is 72.8 Å². The molecule has 1 aromatic rings. The molecule has 1 aliphatic heterocycles. The summed E-state index contributed by atoms with van der Waals surface area (Å²) in [5, 5.41) is 14.8. The summed E-state index contributed by atoms with van der Waals surface area (Å²) in [6.07, 6.45) is 5.50. The minimum Gasteiger partial charge on any atom is -0.492 e. The Hall–Kier alpha value is -1.35. The second-order valence-corrected chi connectivity index (χ2v) is 6.41. The summed E-state index contributed by atoms with van der Waals surface area (Å²) in [6.45, 7) is 4.36. The first-order valence-corrected chi connectivity index (χ1v) is 8.64. The van der Waals surface area contributed by atoms with Gasteiger partial charge in [-0.15, -0.1) is 0 Å². The number of carbonyl (C=O) groups is 2. The van der Waals surface area contributed by atoms with E-state index in [9.17, 15) is 0 Å². The molecule has 0 radical (unpaired) electrons. The molecule has 7 heteroatoms. The molecule has 0 aromatic heterocycles. The van der Waals surface area contributed by atoms with Gasteiger partial charge in [-0.1, -0.05) is 12.8 Å². The van der Waals surface area contributed by atoms with Gasteiger partial charge >= 0.3 is 11.9 Å². The molecule has 0 unspecified atom stereocenters. The summed E-state index contributed by atoms with van der Waals surface area (Å²) in [7, 11) is 0. The molecule has 1 saturated heterocycles. The Kier molecular flexibility index (Phi) is 9.61. The van der Waals surface area contributed by atoms with Crippen molar-refractivity contribution < 1.29 is 24.5 Å². The number of carboxylic acid groups (broad SMARTS) is 2. The van der Waals surface area contributed by atoms with E-state index in [1.165, 1.54) is 42.3 Å². The number of aliphatic carboxylic acids is 2. The molecule has 1 fully saturated rings. The molecule has 0 aliphatic carbocycles. The lowest BCUT2D eigenvalue weighted by Crippen LogP contribution is -2.29. The molecule has 0 spiro atoms. The second-order valence-electron chi connectivity index (χ2n) is 5.17. The van der Waals surface area contributed by atoms with Gasteiger partial charge in [0.1, 0.15) is 12.4 Å². The number of ether oxygens (including phenoxy) is 1. The van der Waals surface area contributed by atoms with E-state index >= 15 is 0 Å². The van der Waals surface area contributed by atoms with E-state index in [2.05, 4.69) is 39.6 Å². The van der Waals surface area contributed by atoms with Crippen LogP contribution >= 0.6 is 22.6 Å². The normalized spacial score (nSPS) is 15.0. The van der Waals surface area contributed by atoms with E-state index in [0.717, 1.165) is 18.9 Å². The zero-order valence-corrected chi connectivity index (χ0v) is 15.1. The van der Waals surface area contributed by atoms with Crippen molar-refractivity contribution in [3.63, 3.8) is 0 Å². The number of carboxylic acids is 2. The fourth-order valence-corrected chi connectivity index (χ4v) is 2.54. The van der Waals surface area contributed by atoms with Gasteiger partial charge in [-0.25, -0.2) is 9.59 Å². The van der Waals surface area contributed by atoms with E-state index in [4.69, 9.17) is 24.5 Å². The van der Waals surface area contributed by atoms with Crippen LogP contribution in [0.1, 0.15) is 25.7 Å². The van der Waals surface area contributed by atoms with Crippen LogP contribution in [0.25, 0.3) is 0 Å². The lowest BCUT2D eigenvalue weighted by Gasteiger charge is -2.19. The highest BCUT2D eigenvalue weighted by molar-refractivity contribution is 14.1. The molecular formula is C16H22INO5. The first-order valence-electron chi connectivity index (χ1n) is 7.56. The lowest BCUT2D eigenvalue weighted by atomic mass is 10.2. The zero-order chi connectivity index (χ0) is 17.1. The van der Waals surface area contributed by atoms with Crippen molar-refractivity contribution in [3.8, 4) is 5.75 Å². The topological polar surface area (TPSA) is 87.1 Å². The van der Waals surface area contributed by atoms with Crippen molar-refractivity contribution in [2.75, 3.05) is 26.2 Å². The van der Waals surface area contributed by atoms with Gasteiger partial charge in [0.15, 0.2) is 0 Å². The molecule has 128 valence electrons. The van der Waals surface area contributed by atoms with Crippen LogP contribution < -0.4 is 4.74 Å². The largest absolute Gasteiger partial charge is 0.492 e. The zero-order valence-electron chi connectivity index (χ0n) is 12.9. The van der Waals surface area contributed by atoms with Crippen molar-refractivity contribution in [3.05, 3.63) is 27.8 Å². The smallest absolute Gasteiger partial charge is 0.414 e. The Bertz CT molecular complexity index is 472. The van der Waals surface area contributed by atoms with Crippen molar-refractivity contribution in [2.45, 2.75) is 25.7 Å². The molecule has 0 bridgehead atoms. The van der Waals surface area contributed by atoms with Gasteiger partial charge in [0.25, 0.3) is 0 Å². The second kappa shape index (κ2) is 11.2. The molecule has 2 N–H and O–H groups in total. The monoisotopic (exact) mass is 435 g/mol. The van der Waals surface area contributed by atoms with Crippen LogP contribution in [0.2, 0.25) is 0 Å². The summed E-state index contributed by atoms with van der Waals surface area (Å²) in [5.41, 5.74) is 0. The van der Waals surface area contributed by atoms with Gasteiger partial charge in [0, 0.05) is 10.1 Å². The fraction of sp³-hybridized carbons (Fsp3) is 0.500. The molecule has 2 rings (SSSR count). The highest BCUT2D eigenvalue weighted by Gasteiger charge is 2.08. The molecule has 1 aromatic carbocycles. The fourth-order valence-electron chi connectivity index (χ4n) is 2.18. The third kappa shape index (κ3) is 9.39. The predicted octanol–water partition coefficient (Wildman–Crippen LogP) is 2.70. The number of hydrogen-bond donors (Lipinski definition) is 2. The minimum atomic E-state index is -1.82.